The zero-order valence-electron chi connectivity index (χ0n) is 8.06. The lowest BCUT2D eigenvalue weighted by Gasteiger charge is -2.36. The molecular weight excluding hydrogens is 134 g/mol. The molecule has 2 unspecified atom stereocenters. The van der Waals surface area contributed by atoms with Crippen molar-refractivity contribution in [1.29, 1.82) is 0 Å². The smallest absolute Gasteiger partial charge is 0.0128 e. The molecule has 0 aliphatic heterocycles. The van der Waals surface area contributed by atoms with Crippen LogP contribution in [0.4, 0.5) is 0 Å². The molecule has 66 valence electrons. The molecule has 0 saturated heterocycles. The number of rotatable bonds is 1. The fourth-order valence-electron chi connectivity index (χ4n) is 2.14. The predicted octanol–water partition coefficient (Wildman–Crippen LogP) is 2.55. The molecular formula is C10H21N. The third-order valence-corrected chi connectivity index (χ3v) is 2.99. The summed E-state index contributed by atoms with van der Waals surface area (Å²) in [5.74, 6) is 1.69. The number of hydrogen-bond donors (Lipinski definition) is 1. The van der Waals surface area contributed by atoms with Crippen molar-refractivity contribution < 1.29 is 0 Å². The largest absolute Gasteiger partial charge is 0.325 e. The molecule has 0 aromatic rings. The Balaban J connectivity index is 2.46. The summed E-state index contributed by atoms with van der Waals surface area (Å²) < 4.78 is 0. The van der Waals surface area contributed by atoms with Crippen molar-refractivity contribution in [3.05, 3.63) is 0 Å². The molecule has 1 nitrogen and oxygen atoms in total. The van der Waals surface area contributed by atoms with Crippen LogP contribution in [0.1, 0.15) is 46.5 Å². The van der Waals surface area contributed by atoms with E-state index in [0.717, 1.165) is 11.8 Å². The molecule has 0 aromatic heterocycles. The monoisotopic (exact) mass is 155 g/mol. The third kappa shape index (κ3) is 2.48. The quantitative estimate of drug-likeness (QED) is 0.618. The van der Waals surface area contributed by atoms with E-state index in [0.29, 0.717) is 0 Å². The van der Waals surface area contributed by atoms with E-state index in [4.69, 9.17) is 5.73 Å². The summed E-state index contributed by atoms with van der Waals surface area (Å²) in [6.45, 7) is 6.82. The van der Waals surface area contributed by atoms with Crippen LogP contribution in [0.3, 0.4) is 0 Å². The highest BCUT2D eigenvalue weighted by Gasteiger charge is 2.29. The molecule has 1 rings (SSSR count). The van der Waals surface area contributed by atoms with Crippen molar-refractivity contribution in [2.75, 3.05) is 0 Å². The fraction of sp³-hybridized carbons (Fsp3) is 1.00. The molecule has 2 atom stereocenters. The van der Waals surface area contributed by atoms with E-state index < -0.39 is 0 Å². The molecule has 0 spiro atoms. The second kappa shape index (κ2) is 3.14. The van der Waals surface area contributed by atoms with Gasteiger partial charge in [0.25, 0.3) is 0 Å². The molecule has 1 fully saturated rings. The Labute approximate surface area is 70.4 Å². The summed E-state index contributed by atoms with van der Waals surface area (Å²) >= 11 is 0. The van der Waals surface area contributed by atoms with E-state index in [2.05, 4.69) is 20.8 Å². The SMILES string of the molecule is CC(C)C1CCCC(C)(N)C1. The van der Waals surface area contributed by atoms with Gasteiger partial charge in [0.2, 0.25) is 0 Å². The molecule has 1 aliphatic rings. The van der Waals surface area contributed by atoms with Crippen LogP contribution in [0.15, 0.2) is 0 Å². The van der Waals surface area contributed by atoms with Crippen molar-refractivity contribution in [3.63, 3.8) is 0 Å². The highest BCUT2D eigenvalue weighted by Crippen LogP contribution is 2.34. The normalized spacial score (nSPS) is 39.5. The lowest BCUT2D eigenvalue weighted by atomic mass is 9.73. The molecule has 0 heterocycles. The van der Waals surface area contributed by atoms with Crippen molar-refractivity contribution in [2.24, 2.45) is 17.6 Å². The van der Waals surface area contributed by atoms with E-state index in [-0.39, 0.29) is 5.54 Å². The van der Waals surface area contributed by atoms with Crippen molar-refractivity contribution in [1.82, 2.24) is 0 Å². The van der Waals surface area contributed by atoms with Gasteiger partial charge in [-0.15, -0.1) is 0 Å². The first-order valence-electron chi connectivity index (χ1n) is 4.80. The molecule has 11 heavy (non-hydrogen) atoms. The zero-order chi connectivity index (χ0) is 8.48. The maximum Gasteiger partial charge on any atom is 0.0128 e. The number of nitrogens with two attached hydrogens (primary N) is 1. The van der Waals surface area contributed by atoms with Crippen LogP contribution < -0.4 is 5.73 Å². The highest BCUT2D eigenvalue weighted by molar-refractivity contribution is 4.87. The summed E-state index contributed by atoms with van der Waals surface area (Å²) in [6, 6.07) is 0. The van der Waals surface area contributed by atoms with Gasteiger partial charge in [-0.05, 0) is 31.6 Å². The zero-order valence-corrected chi connectivity index (χ0v) is 8.06. The molecule has 0 bridgehead atoms. The Kier molecular flexibility index (Phi) is 2.58. The van der Waals surface area contributed by atoms with E-state index in [9.17, 15) is 0 Å². The summed E-state index contributed by atoms with van der Waals surface area (Å²) in [5.41, 5.74) is 6.24. The van der Waals surface area contributed by atoms with Gasteiger partial charge >= 0.3 is 0 Å². The van der Waals surface area contributed by atoms with Gasteiger partial charge in [-0.2, -0.15) is 0 Å². The van der Waals surface area contributed by atoms with Gasteiger partial charge in [0.15, 0.2) is 0 Å². The minimum atomic E-state index is 0.132. The first kappa shape index (κ1) is 9.05. The van der Waals surface area contributed by atoms with Crippen LogP contribution in [0, 0.1) is 11.8 Å². The van der Waals surface area contributed by atoms with E-state index in [1.165, 1.54) is 25.7 Å². The lowest BCUT2D eigenvalue weighted by Crippen LogP contribution is -2.42. The van der Waals surface area contributed by atoms with Crippen LogP contribution >= 0.6 is 0 Å². The average molecular weight is 155 g/mol. The van der Waals surface area contributed by atoms with Gasteiger partial charge in [0.05, 0.1) is 0 Å². The van der Waals surface area contributed by atoms with Gasteiger partial charge in [-0.25, -0.2) is 0 Å². The second-order valence-corrected chi connectivity index (χ2v) is 4.75. The van der Waals surface area contributed by atoms with Gasteiger partial charge in [-0.1, -0.05) is 26.7 Å². The minimum absolute atomic E-state index is 0.132. The topological polar surface area (TPSA) is 26.0 Å². The number of hydrogen-bond acceptors (Lipinski definition) is 1. The predicted molar refractivity (Wildman–Crippen MR) is 49.4 cm³/mol. The third-order valence-electron chi connectivity index (χ3n) is 2.99. The fourth-order valence-corrected chi connectivity index (χ4v) is 2.14. The Morgan fingerprint density at radius 1 is 1.45 bits per heavy atom. The van der Waals surface area contributed by atoms with Gasteiger partial charge in [0.1, 0.15) is 0 Å². The maximum atomic E-state index is 6.11. The Morgan fingerprint density at radius 2 is 2.09 bits per heavy atom. The van der Waals surface area contributed by atoms with Crippen LogP contribution in [0.5, 0.6) is 0 Å². The Bertz CT molecular complexity index is 127. The second-order valence-electron chi connectivity index (χ2n) is 4.75. The van der Waals surface area contributed by atoms with Crippen molar-refractivity contribution in [2.45, 2.75) is 52.0 Å². The minimum Gasteiger partial charge on any atom is -0.325 e. The standard InChI is InChI=1S/C10H21N/c1-8(2)9-5-4-6-10(3,11)7-9/h8-9H,4-7,11H2,1-3H3. The Hall–Kier alpha value is -0.0400. The summed E-state index contributed by atoms with van der Waals surface area (Å²) in [5, 5.41) is 0. The molecule has 1 aliphatic carbocycles. The summed E-state index contributed by atoms with van der Waals surface area (Å²) in [6.07, 6.45) is 5.17. The average Bonchev–Trinajstić information content (AvgIpc) is 1.85. The first-order valence-corrected chi connectivity index (χ1v) is 4.80. The van der Waals surface area contributed by atoms with E-state index >= 15 is 0 Å². The molecule has 0 amide bonds. The first-order chi connectivity index (χ1) is 5.01. The van der Waals surface area contributed by atoms with Crippen LogP contribution in [0.25, 0.3) is 0 Å². The van der Waals surface area contributed by atoms with Gasteiger partial charge in [-0.3, -0.25) is 0 Å². The van der Waals surface area contributed by atoms with E-state index in [1.54, 1.807) is 0 Å². The van der Waals surface area contributed by atoms with E-state index in [1.807, 2.05) is 0 Å². The maximum absolute atomic E-state index is 6.11. The van der Waals surface area contributed by atoms with Crippen LogP contribution in [0.2, 0.25) is 0 Å². The molecule has 1 heteroatoms. The van der Waals surface area contributed by atoms with Gasteiger partial charge in [0, 0.05) is 5.54 Å². The summed E-state index contributed by atoms with van der Waals surface area (Å²) in [4.78, 5) is 0. The van der Waals surface area contributed by atoms with Crippen molar-refractivity contribution >= 4 is 0 Å². The molecule has 1 saturated carbocycles. The van der Waals surface area contributed by atoms with Crippen LogP contribution in [-0.4, -0.2) is 5.54 Å². The Morgan fingerprint density at radius 3 is 2.45 bits per heavy atom. The molecule has 0 radical (unpaired) electrons. The molecule has 0 aromatic carbocycles. The molecule has 2 N–H and O–H groups in total. The summed E-state index contributed by atoms with van der Waals surface area (Å²) in [7, 11) is 0. The van der Waals surface area contributed by atoms with Crippen LogP contribution in [-0.2, 0) is 0 Å². The van der Waals surface area contributed by atoms with Crippen molar-refractivity contribution in [3.8, 4) is 0 Å². The highest BCUT2D eigenvalue weighted by atomic mass is 14.7. The van der Waals surface area contributed by atoms with Gasteiger partial charge < -0.3 is 5.73 Å². The lowest BCUT2D eigenvalue weighted by molar-refractivity contribution is 0.197.